The van der Waals surface area contributed by atoms with Gasteiger partial charge in [-0.15, -0.1) is 0 Å². The summed E-state index contributed by atoms with van der Waals surface area (Å²) in [6, 6.07) is 3.58. The molecule has 0 radical (unpaired) electrons. The van der Waals surface area contributed by atoms with Crippen LogP contribution in [0, 0.1) is 13.8 Å². The van der Waals surface area contributed by atoms with Crippen molar-refractivity contribution in [3.05, 3.63) is 23.5 Å². The minimum atomic E-state index is -0.675. The lowest BCUT2D eigenvalue weighted by Gasteiger charge is -2.56. The van der Waals surface area contributed by atoms with Gasteiger partial charge in [0.15, 0.2) is 6.61 Å². The first-order valence-corrected chi connectivity index (χ1v) is 9.08. The molecule has 142 valence electrons. The van der Waals surface area contributed by atoms with Gasteiger partial charge in [0.25, 0.3) is 5.91 Å². The largest absolute Gasteiger partial charge is 0.484 e. The van der Waals surface area contributed by atoms with Crippen LogP contribution in [0.15, 0.2) is 12.1 Å². The number of fused-ring (bicyclic) bond motifs is 3. The molecule has 1 aromatic rings. The molecule has 3 fully saturated rings. The first kappa shape index (κ1) is 18.6. The van der Waals surface area contributed by atoms with Crippen LogP contribution in [0.5, 0.6) is 5.75 Å². The lowest BCUT2D eigenvalue weighted by Crippen LogP contribution is -2.70. The SMILES string of the molecule is CC(=O)NC12CCC(NC(=O)COc3cc(C)nc(C)c3)(CC1)[C@@H](O)C2. The Bertz CT molecular complexity index is 690. The Morgan fingerprint density at radius 3 is 2.35 bits per heavy atom. The van der Waals surface area contributed by atoms with Gasteiger partial charge in [-0.25, -0.2) is 0 Å². The second-order valence-electron chi connectivity index (χ2n) is 7.76. The Hall–Kier alpha value is -2.15. The van der Waals surface area contributed by atoms with Crippen LogP contribution in [-0.4, -0.2) is 45.7 Å². The fraction of sp³-hybridized carbons (Fsp3) is 0.632. The third-order valence-electron chi connectivity index (χ3n) is 5.58. The highest BCUT2D eigenvalue weighted by molar-refractivity contribution is 5.78. The van der Waals surface area contributed by atoms with Crippen molar-refractivity contribution in [3.8, 4) is 5.75 Å². The van der Waals surface area contributed by atoms with Crippen LogP contribution in [0.1, 0.15) is 50.4 Å². The van der Waals surface area contributed by atoms with E-state index in [1.165, 1.54) is 6.92 Å². The van der Waals surface area contributed by atoms with E-state index < -0.39 is 11.6 Å². The van der Waals surface area contributed by atoms with Crippen LogP contribution < -0.4 is 15.4 Å². The van der Waals surface area contributed by atoms with Gasteiger partial charge >= 0.3 is 0 Å². The summed E-state index contributed by atoms with van der Waals surface area (Å²) in [5.74, 6) is 0.289. The summed E-state index contributed by atoms with van der Waals surface area (Å²) in [7, 11) is 0. The third-order valence-corrected chi connectivity index (χ3v) is 5.58. The quantitative estimate of drug-likeness (QED) is 0.730. The highest BCUT2D eigenvalue weighted by Gasteiger charge is 2.55. The summed E-state index contributed by atoms with van der Waals surface area (Å²) in [6.07, 6.45) is 2.60. The van der Waals surface area contributed by atoms with E-state index >= 15 is 0 Å². The summed E-state index contributed by atoms with van der Waals surface area (Å²) in [4.78, 5) is 28.1. The molecule has 2 amide bonds. The van der Waals surface area contributed by atoms with Gasteiger partial charge in [0, 0.05) is 36.0 Å². The van der Waals surface area contributed by atoms with Crippen LogP contribution in [-0.2, 0) is 9.59 Å². The Balaban J connectivity index is 1.59. The average molecular weight is 361 g/mol. The molecule has 7 heteroatoms. The number of amides is 2. The molecule has 0 saturated heterocycles. The zero-order chi connectivity index (χ0) is 18.9. The number of carbonyl (C=O) groups is 2. The van der Waals surface area contributed by atoms with Gasteiger partial charge in [0.05, 0.1) is 11.6 Å². The summed E-state index contributed by atoms with van der Waals surface area (Å²) >= 11 is 0. The van der Waals surface area contributed by atoms with Crippen molar-refractivity contribution in [2.24, 2.45) is 0 Å². The molecule has 1 heterocycles. The summed E-state index contributed by atoms with van der Waals surface area (Å²) in [5.41, 5.74) is 0.719. The van der Waals surface area contributed by atoms with Crippen molar-refractivity contribution in [2.75, 3.05) is 6.61 Å². The second-order valence-corrected chi connectivity index (χ2v) is 7.76. The molecule has 0 aliphatic heterocycles. The topological polar surface area (TPSA) is 101 Å². The number of hydrogen-bond donors (Lipinski definition) is 3. The predicted molar refractivity (Wildman–Crippen MR) is 95.7 cm³/mol. The number of aliphatic hydroxyl groups is 1. The number of pyridine rings is 1. The normalized spacial score (nSPS) is 29.9. The Morgan fingerprint density at radius 1 is 1.19 bits per heavy atom. The van der Waals surface area contributed by atoms with E-state index in [9.17, 15) is 14.7 Å². The Kier molecular flexibility index (Phi) is 4.92. The minimum absolute atomic E-state index is 0.0769. The zero-order valence-corrected chi connectivity index (χ0v) is 15.6. The number of hydrogen-bond acceptors (Lipinski definition) is 5. The van der Waals surface area contributed by atoms with Gasteiger partial charge in [0.2, 0.25) is 5.91 Å². The first-order valence-electron chi connectivity index (χ1n) is 9.08. The maximum absolute atomic E-state index is 12.4. The van der Waals surface area contributed by atoms with Crippen LogP contribution in [0.2, 0.25) is 0 Å². The van der Waals surface area contributed by atoms with E-state index in [0.717, 1.165) is 24.2 Å². The molecule has 3 N–H and O–H groups in total. The molecule has 0 aromatic carbocycles. The Morgan fingerprint density at radius 2 is 1.81 bits per heavy atom. The van der Waals surface area contributed by atoms with Crippen LogP contribution in [0.25, 0.3) is 0 Å². The zero-order valence-electron chi connectivity index (χ0n) is 15.6. The Labute approximate surface area is 153 Å². The van der Waals surface area contributed by atoms with Crippen LogP contribution in [0.3, 0.4) is 0 Å². The number of nitrogens with one attached hydrogen (secondary N) is 2. The fourth-order valence-corrected chi connectivity index (χ4v) is 4.38. The van der Waals surface area contributed by atoms with E-state index in [-0.39, 0.29) is 24.0 Å². The van der Waals surface area contributed by atoms with E-state index in [1.54, 1.807) is 12.1 Å². The number of rotatable bonds is 5. The third kappa shape index (κ3) is 3.82. The molecular weight excluding hydrogens is 334 g/mol. The number of ether oxygens (including phenoxy) is 1. The number of aliphatic hydroxyl groups excluding tert-OH is 1. The number of aromatic nitrogens is 1. The van der Waals surface area contributed by atoms with Crippen molar-refractivity contribution in [1.29, 1.82) is 0 Å². The van der Waals surface area contributed by atoms with Gasteiger partial charge in [-0.2, -0.15) is 0 Å². The van der Waals surface area contributed by atoms with E-state index in [4.69, 9.17) is 4.74 Å². The molecule has 1 aromatic heterocycles. The number of nitrogens with zero attached hydrogens (tertiary/aromatic N) is 1. The molecule has 4 rings (SSSR count). The highest BCUT2D eigenvalue weighted by atomic mass is 16.5. The van der Waals surface area contributed by atoms with E-state index in [1.807, 2.05) is 13.8 Å². The predicted octanol–water partition coefficient (Wildman–Crippen LogP) is 1.15. The van der Waals surface area contributed by atoms with E-state index in [0.29, 0.717) is 25.0 Å². The highest BCUT2D eigenvalue weighted by Crippen LogP contribution is 2.47. The van der Waals surface area contributed by atoms with E-state index in [2.05, 4.69) is 15.6 Å². The van der Waals surface area contributed by atoms with Crippen molar-refractivity contribution in [3.63, 3.8) is 0 Å². The summed E-state index contributed by atoms with van der Waals surface area (Å²) in [5, 5.41) is 16.6. The van der Waals surface area contributed by atoms with Crippen LogP contribution in [0.4, 0.5) is 0 Å². The molecule has 0 spiro atoms. The molecule has 3 aliphatic rings. The maximum Gasteiger partial charge on any atom is 0.258 e. The minimum Gasteiger partial charge on any atom is -0.484 e. The molecular formula is C19H27N3O4. The lowest BCUT2D eigenvalue weighted by molar-refractivity contribution is -0.135. The molecule has 3 saturated carbocycles. The maximum atomic E-state index is 12.4. The van der Waals surface area contributed by atoms with Crippen molar-refractivity contribution in [2.45, 2.75) is 70.1 Å². The van der Waals surface area contributed by atoms with Crippen molar-refractivity contribution < 1.29 is 19.4 Å². The molecule has 2 bridgehead atoms. The average Bonchev–Trinajstić information content (AvgIpc) is 2.53. The molecule has 1 atom stereocenters. The summed E-state index contributed by atoms with van der Waals surface area (Å²) in [6.45, 7) is 5.15. The van der Waals surface area contributed by atoms with Gasteiger partial charge in [0.1, 0.15) is 5.75 Å². The number of carbonyl (C=O) groups excluding carboxylic acids is 2. The smallest absolute Gasteiger partial charge is 0.258 e. The summed E-state index contributed by atoms with van der Waals surface area (Å²) < 4.78 is 5.59. The van der Waals surface area contributed by atoms with Gasteiger partial charge in [-0.3, -0.25) is 14.6 Å². The molecule has 26 heavy (non-hydrogen) atoms. The lowest BCUT2D eigenvalue weighted by atomic mass is 9.60. The first-order chi connectivity index (χ1) is 12.2. The molecule has 3 aliphatic carbocycles. The van der Waals surface area contributed by atoms with Crippen molar-refractivity contribution in [1.82, 2.24) is 15.6 Å². The fourth-order valence-electron chi connectivity index (χ4n) is 4.38. The molecule has 7 nitrogen and oxygen atoms in total. The molecule has 0 unspecified atom stereocenters. The second kappa shape index (κ2) is 6.87. The standard InChI is InChI=1S/C19H27N3O4/c1-12-8-15(9-13(2)20-12)26-11-17(25)22-19-6-4-18(5-7-19,10-16(19)24)21-14(3)23/h8-9,16,24H,4-7,10-11H2,1-3H3,(H,21,23)(H,22,25)/t16-,18?,19?/m0/s1. The van der Waals surface area contributed by atoms with Gasteiger partial charge < -0.3 is 20.5 Å². The van der Waals surface area contributed by atoms with Crippen LogP contribution >= 0.6 is 0 Å². The number of aryl methyl sites for hydroxylation is 2. The monoisotopic (exact) mass is 361 g/mol. The van der Waals surface area contributed by atoms with Gasteiger partial charge in [-0.05, 0) is 46.0 Å². The van der Waals surface area contributed by atoms with Crippen molar-refractivity contribution >= 4 is 11.8 Å². The van der Waals surface area contributed by atoms with Gasteiger partial charge in [-0.1, -0.05) is 0 Å².